The van der Waals surface area contributed by atoms with Crippen molar-refractivity contribution in [1.82, 2.24) is 5.32 Å². The lowest BCUT2D eigenvalue weighted by Crippen LogP contribution is -2.31. The molecule has 1 aromatic rings. The van der Waals surface area contributed by atoms with E-state index >= 15 is 0 Å². The van der Waals surface area contributed by atoms with E-state index in [0.29, 0.717) is 11.5 Å². The summed E-state index contributed by atoms with van der Waals surface area (Å²) in [5.74, 6) is 0. The number of hydrogen-bond donors (Lipinski definition) is 2. The molecule has 0 bridgehead atoms. The van der Waals surface area contributed by atoms with Gasteiger partial charge in [-0.25, -0.2) is 0 Å². The van der Waals surface area contributed by atoms with Crippen LogP contribution in [0, 0.1) is 5.41 Å². The third-order valence-electron chi connectivity index (χ3n) is 3.03. The first kappa shape index (κ1) is 9.19. The largest absolute Gasteiger partial charge is 0.330 e. The predicted octanol–water partition coefficient (Wildman–Crippen LogP) is 1.75. The fourth-order valence-corrected chi connectivity index (χ4v) is 2.95. The normalized spacial score (nSPS) is 21.4. The van der Waals surface area contributed by atoms with Gasteiger partial charge in [0.2, 0.25) is 0 Å². The molecule has 0 aromatic carbocycles. The van der Waals surface area contributed by atoms with E-state index in [1.54, 1.807) is 0 Å². The molecule has 0 saturated heterocycles. The summed E-state index contributed by atoms with van der Waals surface area (Å²) >= 11 is 1.82. The van der Waals surface area contributed by atoms with Gasteiger partial charge in [-0.05, 0) is 37.9 Å². The molecule has 1 aliphatic rings. The zero-order valence-corrected chi connectivity index (χ0v) is 8.73. The van der Waals surface area contributed by atoms with Crippen LogP contribution in [0.4, 0.5) is 0 Å². The number of thiophene rings is 1. The van der Waals surface area contributed by atoms with E-state index in [1.807, 2.05) is 18.4 Å². The molecule has 1 aromatic heterocycles. The van der Waals surface area contributed by atoms with Gasteiger partial charge in [0.15, 0.2) is 0 Å². The van der Waals surface area contributed by atoms with E-state index in [9.17, 15) is 0 Å². The predicted molar refractivity (Wildman–Crippen MR) is 56.8 cm³/mol. The van der Waals surface area contributed by atoms with Crippen LogP contribution in [0.5, 0.6) is 0 Å². The van der Waals surface area contributed by atoms with Crippen LogP contribution in [0.3, 0.4) is 0 Å². The highest BCUT2D eigenvalue weighted by Crippen LogP contribution is 2.54. The molecule has 3 heteroatoms. The first-order valence-electron chi connectivity index (χ1n) is 4.73. The highest BCUT2D eigenvalue weighted by molar-refractivity contribution is 7.10. The van der Waals surface area contributed by atoms with Crippen molar-refractivity contribution in [3.05, 3.63) is 22.4 Å². The third-order valence-corrected chi connectivity index (χ3v) is 3.96. The second-order valence-corrected chi connectivity index (χ2v) is 4.78. The molecule has 2 rings (SSSR count). The van der Waals surface area contributed by atoms with Gasteiger partial charge in [-0.1, -0.05) is 6.07 Å². The van der Waals surface area contributed by atoms with Crippen LogP contribution in [0.2, 0.25) is 0 Å². The van der Waals surface area contributed by atoms with Crippen molar-refractivity contribution in [3.63, 3.8) is 0 Å². The Morgan fingerprint density at radius 1 is 1.69 bits per heavy atom. The number of nitrogens with one attached hydrogen (secondary N) is 1. The van der Waals surface area contributed by atoms with E-state index in [0.717, 1.165) is 6.54 Å². The Morgan fingerprint density at radius 3 is 2.85 bits per heavy atom. The first-order valence-corrected chi connectivity index (χ1v) is 5.61. The van der Waals surface area contributed by atoms with Crippen molar-refractivity contribution >= 4 is 11.3 Å². The van der Waals surface area contributed by atoms with Gasteiger partial charge in [0, 0.05) is 16.3 Å². The highest BCUT2D eigenvalue weighted by Gasteiger charge is 2.48. The minimum atomic E-state index is 0.361. The maximum Gasteiger partial charge on any atom is 0.0481 e. The van der Waals surface area contributed by atoms with Crippen molar-refractivity contribution in [1.29, 1.82) is 0 Å². The first-order chi connectivity index (χ1) is 6.32. The Labute approximate surface area is 83.1 Å². The molecular formula is C10H16N2S. The van der Waals surface area contributed by atoms with Gasteiger partial charge >= 0.3 is 0 Å². The Morgan fingerprint density at radius 2 is 2.46 bits per heavy atom. The van der Waals surface area contributed by atoms with Crippen molar-refractivity contribution < 1.29 is 0 Å². The van der Waals surface area contributed by atoms with Crippen molar-refractivity contribution in [3.8, 4) is 0 Å². The number of rotatable bonds is 4. The molecule has 72 valence electrons. The zero-order valence-electron chi connectivity index (χ0n) is 7.92. The van der Waals surface area contributed by atoms with Crippen molar-refractivity contribution in [2.24, 2.45) is 11.1 Å². The van der Waals surface area contributed by atoms with Crippen molar-refractivity contribution in [2.45, 2.75) is 18.9 Å². The van der Waals surface area contributed by atoms with Gasteiger partial charge < -0.3 is 11.1 Å². The summed E-state index contributed by atoms with van der Waals surface area (Å²) in [5, 5.41) is 5.52. The molecule has 0 spiro atoms. The monoisotopic (exact) mass is 196 g/mol. The minimum absolute atomic E-state index is 0.361. The second-order valence-electron chi connectivity index (χ2n) is 3.80. The van der Waals surface area contributed by atoms with Crippen LogP contribution in [-0.2, 0) is 0 Å². The average Bonchev–Trinajstić information content (AvgIpc) is 2.75. The number of hydrogen-bond acceptors (Lipinski definition) is 3. The van der Waals surface area contributed by atoms with E-state index in [1.165, 1.54) is 17.7 Å². The maximum atomic E-state index is 5.82. The molecular weight excluding hydrogens is 180 g/mol. The molecule has 1 heterocycles. The summed E-state index contributed by atoms with van der Waals surface area (Å²) < 4.78 is 0. The molecule has 1 fully saturated rings. The van der Waals surface area contributed by atoms with Crippen LogP contribution < -0.4 is 11.1 Å². The van der Waals surface area contributed by atoms with Crippen LogP contribution >= 0.6 is 11.3 Å². The molecule has 1 aliphatic carbocycles. The summed E-state index contributed by atoms with van der Waals surface area (Å²) in [5.41, 5.74) is 6.18. The van der Waals surface area contributed by atoms with E-state index in [-0.39, 0.29) is 0 Å². The van der Waals surface area contributed by atoms with Crippen LogP contribution in [-0.4, -0.2) is 13.6 Å². The molecule has 13 heavy (non-hydrogen) atoms. The van der Waals surface area contributed by atoms with Crippen LogP contribution in [0.1, 0.15) is 23.8 Å². The van der Waals surface area contributed by atoms with E-state index < -0.39 is 0 Å². The number of nitrogens with two attached hydrogens (primary N) is 1. The lowest BCUT2D eigenvalue weighted by molar-refractivity contribution is 0.372. The van der Waals surface area contributed by atoms with Crippen LogP contribution in [0.25, 0.3) is 0 Å². The highest BCUT2D eigenvalue weighted by atomic mass is 32.1. The summed E-state index contributed by atoms with van der Waals surface area (Å²) in [4.78, 5) is 1.42. The fraction of sp³-hybridized carbons (Fsp3) is 0.600. The molecule has 3 N–H and O–H groups in total. The van der Waals surface area contributed by atoms with E-state index in [4.69, 9.17) is 5.73 Å². The Bertz CT molecular complexity index is 264. The zero-order chi connectivity index (χ0) is 9.31. The van der Waals surface area contributed by atoms with Gasteiger partial charge in [-0.15, -0.1) is 11.3 Å². The van der Waals surface area contributed by atoms with Crippen molar-refractivity contribution in [2.75, 3.05) is 13.6 Å². The molecule has 1 atom stereocenters. The molecule has 0 amide bonds. The van der Waals surface area contributed by atoms with E-state index in [2.05, 4.69) is 22.8 Å². The summed E-state index contributed by atoms with van der Waals surface area (Å²) in [6.45, 7) is 0.802. The molecule has 1 saturated carbocycles. The smallest absolute Gasteiger partial charge is 0.0481 e. The third kappa shape index (κ3) is 1.52. The van der Waals surface area contributed by atoms with Crippen LogP contribution in [0.15, 0.2) is 17.5 Å². The summed E-state index contributed by atoms with van der Waals surface area (Å²) in [7, 11) is 2.03. The SMILES string of the molecule is CNC(c1cccs1)C1(CN)CC1. The molecule has 0 aliphatic heterocycles. The van der Waals surface area contributed by atoms with Gasteiger partial charge in [-0.3, -0.25) is 0 Å². The maximum absolute atomic E-state index is 5.82. The average molecular weight is 196 g/mol. The van der Waals surface area contributed by atoms with Gasteiger partial charge in [-0.2, -0.15) is 0 Å². The second kappa shape index (κ2) is 3.40. The Hall–Kier alpha value is -0.380. The fourth-order valence-electron chi connectivity index (χ4n) is 1.98. The topological polar surface area (TPSA) is 38.0 Å². The standard InChI is InChI=1S/C10H16N2S/c1-12-9(8-3-2-6-13-8)10(7-11)4-5-10/h2-3,6,9,12H,4-5,7,11H2,1H3. The molecule has 0 radical (unpaired) electrons. The summed E-state index contributed by atoms with van der Waals surface area (Å²) in [6, 6.07) is 4.77. The Kier molecular flexibility index (Phi) is 2.41. The lowest BCUT2D eigenvalue weighted by atomic mass is 9.95. The quantitative estimate of drug-likeness (QED) is 0.770. The van der Waals surface area contributed by atoms with Gasteiger partial charge in [0.1, 0.15) is 0 Å². The van der Waals surface area contributed by atoms with Gasteiger partial charge in [0.05, 0.1) is 0 Å². The lowest BCUT2D eigenvalue weighted by Gasteiger charge is -2.24. The van der Waals surface area contributed by atoms with Gasteiger partial charge in [0.25, 0.3) is 0 Å². The molecule has 2 nitrogen and oxygen atoms in total. The summed E-state index contributed by atoms with van der Waals surface area (Å²) in [6.07, 6.45) is 2.54. The molecule has 1 unspecified atom stereocenters. The Balaban J connectivity index is 2.19. The minimum Gasteiger partial charge on any atom is -0.330 e.